The molecule has 51 heavy (non-hydrogen) atoms. The molecule has 0 fully saturated rings. The number of aromatic amines is 1. The van der Waals surface area contributed by atoms with Crippen molar-refractivity contribution in [1.29, 1.82) is 5.26 Å². The SMILES string of the molecule is COC(=O)C1=C(C)N(c2cccc(C(F)(F)F)c2)c2n[nH]c(=O)n2C1c1ccc(C#N)cc1C[n+]1ccccc1.Cc1ccc(S(=O)(=O)[O-])cc1. The highest BCUT2D eigenvalue weighted by Gasteiger charge is 2.41. The Kier molecular flexibility index (Phi) is 10.3. The summed E-state index contributed by atoms with van der Waals surface area (Å²) in [6.45, 7) is 3.67. The van der Waals surface area contributed by atoms with E-state index in [1.165, 1.54) is 40.8 Å². The maximum Gasteiger partial charge on any atom is 0.416 e. The van der Waals surface area contributed by atoms with Crippen LogP contribution in [0.5, 0.6) is 0 Å². The number of hydrogen-bond acceptors (Lipinski definition) is 9. The van der Waals surface area contributed by atoms with Crippen molar-refractivity contribution in [2.24, 2.45) is 0 Å². The van der Waals surface area contributed by atoms with E-state index in [2.05, 4.69) is 16.3 Å². The fraction of sp³-hybridized carbons (Fsp3) is 0.171. The quantitative estimate of drug-likeness (QED) is 0.146. The van der Waals surface area contributed by atoms with Crippen molar-refractivity contribution in [3.05, 3.63) is 147 Å². The molecular formula is C35H29F3N6O6S. The summed E-state index contributed by atoms with van der Waals surface area (Å²) in [7, 11) is -3.09. The number of allylic oxidation sites excluding steroid dienone is 1. The molecule has 3 aromatic carbocycles. The number of fused-ring (bicyclic) bond motifs is 1. The van der Waals surface area contributed by atoms with Gasteiger partial charge in [-0.1, -0.05) is 35.9 Å². The standard InChI is InChI=1S/C28H21F3N6O3.C7H8O3S/c1-17-23(25(38)40-2)24(22-10-9-18(15-32)13-19(22)16-35-11-4-3-5-12-35)37-26(33-34-27(37)39)36(17)21-8-6-7-20(14-21)28(29,30)31;1-6-2-4-7(5-3-6)11(8,9)10/h3-14,24H,16H2,1-2H3;2-5H,1H3,(H,8,9,10). The second-order valence-electron chi connectivity index (χ2n) is 11.3. The third kappa shape index (κ3) is 7.74. The van der Waals surface area contributed by atoms with Crippen LogP contribution < -0.4 is 15.2 Å². The van der Waals surface area contributed by atoms with Crippen LogP contribution in [0, 0.1) is 18.3 Å². The fourth-order valence-electron chi connectivity index (χ4n) is 5.60. The van der Waals surface area contributed by atoms with Gasteiger partial charge in [-0.3, -0.25) is 4.90 Å². The van der Waals surface area contributed by atoms with E-state index in [9.17, 15) is 41.0 Å². The van der Waals surface area contributed by atoms with Gasteiger partial charge in [0.05, 0.1) is 34.8 Å². The number of aryl methyl sites for hydroxylation is 1. The lowest BCUT2D eigenvalue weighted by molar-refractivity contribution is -0.688. The van der Waals surface area contributed by atoms with Gasteiger partial charge in [-0.2, -0.15) is 18.4 Å². The van der Waals surface area contributed by atoms with Gasteiger partial charge in [-0.25, -0.2) is 32.2 Å². The highest BCUT2D eigenvalue weighted by atomic mass is 32.2. The molecule has 1 aliphatic rings. The van der Waals surface area contributed by atoms with Crippen LogP contribution in [0.1, 0.15) is 40.8 Å². The van der Waals surface area contributed by atoms with Crippen LogP contribution in [-0.2, 0) is 32.4 Å². The van der Waals surface area contributed by atoms with Crippen LogP contribution in [-0.4, -0.2) is 40.8 Å². The number of alkyl halides is 3. The van der Waals surface area contributed by atoms with Gasteiger partial charge in [0.2, 0.25) is 5.95 Å². The monoisotopic (exact) mass is 718 g/mol. The van der Waals surface area contributed by atoms with Crippen molar-refractivity contribution in [3.8, 4) is 6.07 Å². The molecule has 12 nitrogen and oxygen atoms in total. The van der Waals surface area contributed by atoms with E-state index in [0.29, 0.717) is 23.2 Å². The molecule has 16 heteroatoms. The Morgan fingerprint density at radius 1 is 1.04 bits per heavy atom. The van der Waals surface area contributed by atoms with Crippen LogP contribution in [0.3, 0.4) is 0 Å². The molecule has 0 radical (unpaired) electrons. The smallest absolute Gasteiger partial charge is 0.416 e. The lowest BCUT2D eigenvalue weighted by Crippen LogP contribution is -2.39. The Morgan fingerprint density at radius 2 is 1.73 bits per heavy atom. The number of nitriles is 1. The van der Waals surface area contributed by atoms with Crippen LogP contribution in [0.25, 0.3) is 0 Å². The molecule has 6 rings (SSSR count). The average molecular weight is 719 g/mol. The summed E-state index contributed by atoms with van der Waals surface area (Å²) in [5.74, 6) is -0.789. The lowest BCUT2D eigenvalue weighted by atomic mass is 9.90. The molecule has 0 spiro atoms. The van der Waals surface area contributed by atoms with E-state index < -0.39 is 39.6 Å². The van der Waals surface area contributed by atoms with Gasteiger partial charge in [-0.15, -0.1) is 5.10 Å². The van der Waals surface area contributed by atoms with Gasteiger partial charge in [0.25, 0.3) is 0 Å². The lowest BCUT2D eigenvalue weighted by Gasteiger charge is -2.36. The minimum Gasteiger partial charge on any atom is -0.744 e. The molecule has 3 heterocycles. The Labute approximate surface area is 290 Å². The number of H-pyrrole nitrogens is 1. The van der Waals surface area contributed by atoms with Crippen LogP contribution in [0.15, 0.2) is 118 Å². The fourth-order valence-corrected chi connectivity index (χ4v) is 6.07. The molecular weight excluding hydrogens is 689 g/mol. The number of carbonyl (C=O) groups excluding carboxylic acids is 1. The zero-order valence-corrected chi connectivity index (χ0v) is 28.1. The van der Waals surface area contributed by atoms with E-state index in [1.54, 1.807) is 37.3 Å². The first-order valence-electron chi connectivity index (χ1n) is 15.1. The highest BCUT2D eigenvalue weighted by molar-refractivity contribution is 7.85. The van der Waals surface area contributed by atoms with Crippen molar-refractivity contribution in [2.75, 3.05) is 12.0 Å². The minimum atomic E-state index is -4.62. The number of hydrogen-bond donors (Lipinski definition) is 1. The number of ether oxygens (including phenoxy) is 1. The predicted molar refractivity (Wildman–Crippen MR) is 175 cm³/mol. The summed E-state index contributed by atoms with van der Waals surface area (Å²) in [6.07, 6.45) is -0.956. The van der Waals surface area contributed by atoms with Crippen molar-refractivity contribution in [2.45, 2.75) is 37.5 Å². The second kappa shape index (κ2) is 14.4. The number of halogens is 3. The Balaban J connectivity index is 0.000000392. The van der Waals surface area contributed by atoms with E-state index in [4.69, 9.17) is 4.74 Å². The van der Waals surface area contributed by atoms with E-state index in [0.717, 1.165) is 17.7 Å². The van der Waals surface area contributed by atoms with Crippen molar-refractivity contribution < 1.29 is 40.2 Å². The van der Waals surface area contributed by atoms with Crippen molar-refractivity contribution in [3.63, 3.8) is 0 Å². The van der Waals surface area contributed by atoms with Crippen LogP contribution in [0.4, 0.5) is 24.8 Å². The number of nitrogens with zero attached hydrogens (tertiary/aromatic N) is 5. The van der Waals surface area contributed by atoms with Gasteiger partial charge in [-0.05, 0) is 61.9 Å². The third-order valence-electron chi connectivity index (χ3n) is 7.99. The molecule has 0 saturated heterocycles. The van der Waals surface area contributed by atoms with E-state index >= 15 is 0 Å². The first kappa shape index (κ1) is 36.2. The molecule has 262 valence electrons. The van der Waals surface area contributed by atoms with Crippen LogP contribution in [0.2, 0.25) is 0 Å². The van der Waals surface area contributed by atoms with Gasteiger partial charge in [0, 0.05) is 29.1 Å². The van der Waals surface area contributed by atoms with Gasteiger partial charge < -0.3 is 9.29 Å². The number of nitrogens with one attached hydrogen (secondary N) is 1. The summed E-state index contributed by atoms with van der Waals surface area (Å²) < 4.78 is 80.0. The van der Waals surface area contributed by atoms with Crippen LogP contribution >= 0.6 is 0 Å². The first-order valence-corrected chi connectivity index (χ1v) is 16.5. The number of benzene rings is 3. The second-order valence-corrected chi connectivity index (χ2v) is 12.7. The number of esters is 1. The summed E-state index contributed by atoms with van der Waals surface area (Å²) in [6, 6.07) is 21.8. The van der Waals surface area contributed by atoms with Crippen molar-refractivity contribution >= 4 is 27.7 Å². The van der Waals surface area contributed by atoms with Gasteiger partial charge >= 0.3 is 17.8 Å². The Hall–Kier alpha value is -6.05. The number of rotatable bonds is 6. The molecule has 5 aromatic rings. The molecule has 1 aliphatic heterocycles. The predicted octanol–water partition coefficient (Wildman–Crippen LogP) is 4.88. The zero-order valence-electron chi connectivity index (χ0n) is 27.2. The van der Waals surface area contributed by atoms with Gasteiger partial charge in [0.15, 0.2) is 18.9 Å². The van der Waals surface area contributed by atoms with Crippen molar-refractivity contribution in [1.82, 2.24) is 14.8 Å². The molecule has 2 aromatic heterocycles. The molecule has 0 bridgehead atoms. The number of pyridine rings is 1. The number of aromatic nitrogens is 4. The van der Waals surface area contributed by atoms with Gasteiger partial charge in [0.1, 0.15) is 16.2 Å². The molecule has 0 amide bonds. The normalized spacial score (nSPS) is 14.2. The van der Waals surface area contributed by atoms with E-state index in [-0.39, 0.29) is 27.8 Å². The van der Waals surface area contributed by atoms with E-state index in [1.807, 2.05) is 42.1 Å². The third-order valence-corrected chi connectivity index (χ3v) is 8.84. The summed E-state index contributed by atoms with van der Waals surface area (Å²) in [4.78, 5) is 27.7. The summed E-state index contributed by atoms with van der Waals surface area (Å²) >= 11 is 0. The maximum absolute atomic E-state index is 13.6. The summed E-state index contributed by atoms with van der Waals surface area (Å²) in [5.41, 5.74) is 1.17. The highest BCUT2D eigenvalue weighted by Crippen LogP contribution is 2.43. The zero-order chi connectivity index (χ0) is 37.1. The number of carbonyl (C=O) groups is 1. The largest absolute Gasteiger partial charge is 0.744 e. The molecule has 1 atom stereocenters. The number of anilines is 2. The maximum atomic E-state index is 13.6. The average Bonchev–Trinajstić information content (AvgIpc) is 3.48. The number of methoxy groups -OCH3 is 1. The Morgan fingerprint density at radius 3 is 2.33 bits per heavy atom. The molecule has 1 unspecified atom stereocenters. The first-order chi connectivity index (χ1) is 24.1. The molecule has 1 N–H and O–H groups in total. The molecule has 0 aliphatic carbocycles. The Bertz CT molecular complexity index is 2330. The summed E-state index contributed by atoms with van der Waals surface area (Å²) in [5, 5.41) is 16.1. The topological polar surface area (TPSA) is 165 Å². The minimum absolute atomic E-state index is 0.0119. The molecule has 0 saturated carbocycles.